The Labute approximate surface area is 245 Å². The van der Waals surface area contributed by atoms with Crippen molar-refractivity contribution in [2.75, 3.05) is 31.9 Å². The number of aliphatic hydroxyl groups is 1. The zero-order valence-corrected chi connectivity index (χ0v) is 25.5. The lowest BCUT2D eigenvalue weighted by molar-refractivity contribution is -0.131. The number of alkyl carbamates (subject to hydrolysis) is 1. The van der Waals surface area contributed by atoms with Crippen LogP contribution in [-0.2, 0) is 36.8 Å². The highest BCUT2D eigenvalue weighted by Crippen LogP contribution is 2.23. The summed E-state index contributed by atoms with van der Waals surface area (Å²) in [5, 5.41) is 20.9. The second-order valence-electron chi connectivity index (χ2n) is 11.1. The van der Waals surface area contributed by atoms with Crippen molar-refractivity contribution in [3.05, 3.63) is 35.4 Å². The van der Waals surface area contributed by atoms with Crippen molar-refractivity contribution in [1.29, 1.82) is 0 Å². The van der Waals surface area contributed by atoms with E-state index in [0.717, 1.165) is 37.7 Å². The first-order valence-corrected chi connectivity index (χ1v) is 16.8. The van der Waals surface area contributed by atoms with Crippen molar-refractivity contribution in [2.45, 2.75) is 95.8 Å². The number of hydrogen-bond acceptors (Lipinski definition) is 7. The number of carbonyl (C=O) groups is 3. The molecular formula is C30H48N4O6S. The minimum atomic E-state index is -2.46. The molecule has 0 saturated carbocycles. The Kier molecular flexibility index (Phi) is 12.9. The summed E-state index contributed by atoms with van der Waals surface area (Å²) in [5.41, 5.74) is 2.36. The fraction of sp³-hybridized carbons (Fsp3) is 0.667. The zero-order valence-electron chi connectivity index (χ0n) is 24.7. The van der Waals surface area contributed by atoms with Crippen LogP contribution in [-0.4, -0.2) is 92.9 Å². The molecule has 230 valence electrons. The molecule has 3 amide bonds. The van der Waals surface area contributed by atoms with Gasteiger partial charge in [-0.3, -0.25) is 13.8 Å². The summed E-state index contributed by atoms with van der Waals surface area (Å²) in [6, 6.07) is 7.17. The lowest BCUT2D eigenvalue weighted by Gasteiger charge is -2.31. The molecule has 11 heteroatoms. The average molecular weight is 593 g/mol. The number of amides is 3. The van der Waals surface area contributed by atoms with E-state index in [9.17, 15) is 23.7 Å². The quantitative estimate of drug-likeness (QED) is 0.243. The molecule has 4 atom stereocenters. The van der Waals surface area contributed by atoms with Crippen LogP contribution in [0.2, 0.25) is 0 Å². The van der Waals surface area contributed by atoms with Gasteiger partial charge in [-0.25, -0.2) is 4.79 Å². The first-order valence-electron chi connectivity index (χ1n) is 14.9. The lowest BCUT2D eigenvalue weighted by atomic mass is 10.1. The topological polar surface area (TPSA) is 137 Å². The van der Waals surface area contributed by atoms with Gasteiger partial charge in [0.1, 0.15) is 12.1 Å². The van der Waals surface area contributed by atoms with Crippen LogP contribution in [0.3, 0.4) is 0 Å². The summed E-state index contributed by atoms with van der Waals surface area (Å²) in [5.74, 6) is -0.504. The summed E-state index contributed by atoms with van der Waals surface area (Å²) in [6.45, 7) is 7.54. The van der Waals surface area contributed by atoms with Crippen LogP contribution >= 0.6 is 0 Å². The van der Waals surface area contributed by atoms with E-state index < -0.39 is 33.7 Å². The van der Waals surface area contributed by atoms with Gasteiger partial charge in [0.05, 0.1) is 6.10 Å². The number of carbonyl (C=O) groups excluding carboxylic acids is 3. The normalized spacial score (nSPS) is 22.4. The van der Waals surface area contributed by atoms with E-state index in [1.807, 2.05) is 24.4 Å². The Balaban J connectivity index is 1.55. The molecule has 4 unspecified atom stereocenters. The maximum atomic E-state index is 13.8. The van der Waals surface area contributed by atoms with E-state index in [1.54, 1.807) is 4.90 Å². The van der Waals surface area contributed by atoms with Crippen molar-refractivity contribution in [1.82, 2.24) is 20.9 Å². The molecule has 4 N–H and O–H groups in total. The van der Waals surface area contributed by atoms with Crippen molar-refractivity contribution >= 4 is 32.8 Å². The number of rotatable bonds is 14. The highest BCUT2D eigenvalue weighted by Gasteiger charge is 2.33. The number of hydrogen-bond donors (Lipinski definition) is 4. The Hall–Kier alpha value is -2.63. The number of piperidine rings is 1. The van der Waals surface area contributed by atoms with Gasteiger partial charge in [-0.15, -0.1) is 0 Å². The predicted molar refractivity (Wildman–Crippen MR) is 162 cm³/mol. The minimum Gasteiger partial charge on any atom is -0.446 e. The highest BCUT2D eigenvalue weighted by atomic mass is 32.2. The second-order valence-corrected chi connectivity index (χ2v) is 14.0. The molecule has 0 bridgehead atoms. The van der Waals surface area contributed by atoms with Crippen LogP contribution in [0.15, 0.2) is 24.3 Å². The number of aryl methyl sites for hydroxylation is 1. The zero-order chi connectivity index (χ0) is 29.8. The molecule has 1 fully saturated rings. The Morgan fingerprint density at radius 3 is 2.54 bits per heavy atom. The number of ether oxygens (including phenoxy) is 1. The molecule has 3 rings (SSSR count). The third kappa shape index (κ3) is 10.3. The van der Waals surface area contributed by atoms with Gasteiger partial charge in [0.2, 0.25) is 11.8 Å². The number of aliphatic hydroxyl groups excluding tert-OH is 1. The van der Waals surface area contributed by atoms with Gasteiger partial charge in [0.15, 0.2) is 0 Å². The number of nitrogens with zero attached hydrogens (tertiary/aromatic N) is 1. The molecule has 2 aliphatic rings. The smallest absolute Gasteiger partial charge is 0.408 e. The van der Waals surface area contributed by atoms with Crippen LogP contribution in [0, 0.1) is 0 Å². The van der Waals surface area contributed by atoms with Gasteiger partial charge >= 0.3 is 6.09 Å². The summed E-state index contributed by atoms with van der Waals surface area (Å²) in [7, 11) is -2.46. The fourth-order valence-corrected chi connectivity index (χ4v) is 8.62. The first kappa shape index (κ1) is 32.9. The third-order valence-corrected chi connectivity index (χ3v) is 11.1. The van der Waals surface area contributed by atoms with Gasteiger partial charge < -0.3 is 30.7 Å². The number of benzene rings is 1. The summed E-state index contributed by atoms with van der Waals surface area (Å²) >= 11 is 0. The Morgan fingerprint density at radius 1 is 1.12 bits per heavy atom. The molecule has 1 aromatic carbocycles. The van der Waals surface area contributed by atoms with Crippen LogP contribution in [0.1, 0.15) is 70.4 Å². The van der Waals surface area contributed by atoms with Crippen molar-refractivity contribution in [3.63, 3.8) is 0 Å². The van der Waals surface area contributed by atoms with E-state index >= 15 is 0 Å². The largest absolute Gasteiger partial charge is 0.446 e. The first-order chi connectivity index (χ1) is 19.6. The minimum absolute atomic E-state index is 0.00347. The molecule has 1 saturated heterocycles. The predicted octanol–water partition coefficient (Wildman–Crippen LogP) is 1.97. The van der Waals surface area contributed by atoms with Gasteiger partial charge in [0.25, 0.3) is 0 Å². The molecule has 0 spiro atoms. The van der Waals surface area contributed by atoms with E-state index in [1.165, 1.54) is 12.5 Å². The molecule has 2 aliphatic heterocycles. The van der Waals surface area contributed by atoms with Crippen LogP contribution < -0.4 is 16.0 Å². The molecule has 10 nitrogen and oxygen atoms in total. The third-order valence-electron chi connectivity index (χ3n) is 7.88. The molecule has 2 heterocycles. The molecule has 0 aromatic heterocycles. The van der Waals surface area contributed by atoms with Crippen molar-refractivity contribution in [2.24, 2.45) is 0 Å². The van der Waals surface area contributed by atoms with E-state index in [0.29, 0.717) is 32.5 Å². The standard InChI is InChI=1S/C30H48N4O6S/c1-4-8-27-11-7-16-41(27,39)21-28(33-30(38)40-26-12-14-34(15-13-26)22(3)35)29(37)32-20-25(36)19-31-18-24-10-6-9-23(5-2)17-24/h6,9-10,16-17,25-28,31,36H,4-5,7-8,11-15,18-21H2,1-3H3,(H,32,37)(H,33,38). The van der Waals surface area contributed by atoms with Gasteiger partial charge in [-0.1, -0.05) is 44.5 Å². The molecule has 0 radical (unpaired) electrons. The second kappa shape index (κ2) is 16.1. The van der Waals surface area contributed by atoms with Crippen LogP contribution in [0.4, 0.5) is 4.79 Å². The molecule has 0 aliphatic carbocycles. The molecule has 1 aromatic rings. The Morgan fingerprint density at radius 2 is 1.85 bits per heavy atom. The number of nitrogens with one attached hydrogen (secondary N) is 3. The number of likely N-dealkylation sites (tertiary alicyclic amines) is 1. The fourth-order valence-electron chi connectivity index (χ4n) is 5.47. The average Bonchev–Trinajstić information content (AvgIpc) is 3.31. The van der Waals surface area contributed by atoms with E-state index in [-0.39, 0.29) is 36.1 Å². The Bertz CT molecular complexity index is 1140. The van der Waals surface area contributed by atoms with Gasteiger partial charge in [-0.05, 0) is 51.7 Å². The summed E-state index contributed by atoms with van der Waals surface area (Å²) in [6.07, 6.45) is 3.28. The van der Waals surface area contributed by atoms with Gasteiger partial charge in [-0.2, -0.15) is 0 Å². The highest BCUT2D eigenvalue weighted by molar-refractivity contribution is 8.02. The van der Waals surface area contributed by atoms with Crippen molar-refractivity contribution < 1.29 is 28.4 Å². The van der Waals surface area contributed by atoms with Gasteiger partial charge in [0, 0.05) is 63.5 Å². The van der Waals surface area contributed by atoms with Crippen LogP contribution in [0.5, 0.6) is 0 Å². The monoisotopic (exact) mass is 592 g/mol. The summed E-state index contributed by atoms with van der Waals surface area (Å²) < 4.78 is 19.4. The summed E-state index contributed by atoms with van der Waals surface area (Å²) in [4.78, 5) is 39.4. The van der Waals surface area contributed by atoms with E-state index in [4.69, 9.17) is 4.74 Å². The lowest BCUT2D eigenvalue weighted by Crippen LogP contribution is -2.53. The van der Waals surface area contributed by atoms with Crippen molar-refractivity contribution in [3.8, 4) is 0 Å². The molecule has 41 heavy (non-hydrogen) atoms. The SMILES string of the molecule is CCCC1CCC=S1(=O)CC(NC(=O)OC1CCN(C(C)=O)CC1)C(=O)NCC(O)CNCc1cccc(CC)c1. The maximum absolute atomic E-state index is 13.8. The maximum Gasteiger partial charge on any atom is 0.408 e. The molecular weight excluding hydrogens is 544 g/mol. The van der Waals surface area contributed by atoms with Crippen LogP contribution in [0.25, 0.3) is 0 Å². The van der Waals surface area contributed by atoms with E-state index in [2.05, 4.69) is 35.0 Å².